The summed E-state index contributed by atoms with van der Waals surface area (Å²) in [5.74, 6) is 1.79. The van der Waals surface area contributed by atoms with E-state index in [0.29, 0.717) is 5.57 Å². The Balaban J connectivity index is 2.09. The molecule has 0 aliphatic carbocycles. The fourth-order valence-electron chi connectivity index (χ4n) is 1.97. The summed E-state index contributed by atoms with van der Waals surface area (Å²) < 4.78 is 27.6. The molecule has 0 saturated carbocycles. The Bertz CT molecular complexity index is 533. The standard InChI is InChI=1S/C11H17N3O3S2/c1-8-10(6-14(2)19(16,17)13-8)11(15)12-9-4-3-5-18-7-9/h6,9H,3-5,7H2,1-2H3,(H,12,15). The predicted molar refractivity (Wildman–Crippen MR) is 76.4 cm³/mol. The summed E-state index contributed by atoms with van der Waals surface area (Å²) in [6.07, 6.45) is 3.38. The highest BCUT2D eigenvalue weighted by molar-refractivity contribution is 7.99. The molecule has 8 heteroatoms. The first-order valence-electron chi connectivity index (χ1n) is 6.05. The van der Waals surface area contributed by atoms with E-state index >= 15 is 0 Å². The van der Waals surface area contributed by atoms with Gasteiger partial charge in [0.15, 0.2) is 0 Å². The molecule has 2 heterocycles. The lowest BCUT2D eigenvalue weighted by molar-refractivity contribution is -0.117. The number of nitrogens with zero attached hydrogens (tertiary/aromatic N) is 2. The second-order valence-electron chi connectivity index (χ2n) is 4.60. The maximum atomic E-state index is 12.1. The average Bonchev–Trinajstić information content (AvgIpc) is 2.34. The topological polar surface area (TPSA) is 78.8 Å². The summed E-state index contributed by atoms with van der Waals surface area (Å²) in [7, 11) is -2.28. The summed E-state index contributed by atoms with van der Waals surface area (Å²) in [6.45, 7) is 1.53. The second-order valence-corrected chi connectivity index (χ2v) is 7.41. The van der Waals surface area contributed by atoms with Gasteiger partial charge in [-0.2, -0.15) is 20.2 Å². The van der Waals surface area contributed by atoms with Crippen molar-refractivity contribution in [3.63, 3.8) is 0 Å². The molecule has 2 aliphatic heterocycles. The SMILES string of the molecule is CC1=NS(=O)(=O)N(C)C=C1C(=O)NC1CCCSC1. The largest absolute Gasteiger partial charge is 0.348 e. The highest BCUT2D eigenvalue weighted by atomic mass is 32.2. The van der Waals surface area contributed by atoms with Crippen molar-refractivity contribution in [2.45, 2.75) is 25.8 Å². The van der Waals surface area contributed by atoms with Gasteiger partial charge in [0, 0.05) is 25.0 Å². The van der Waals surface area contributed by atoms with Crippen molar-refractivity contribution in [3.8, 4) is 0 Å². The molecule has 1 atom stereocenters. The minimum atomic E-state index is -3.65. The van der Waals surface area contributed by atoms with E-state index in [2.05, 4.69) is 9.71 Å². The molecule has 0 aromatic heterocycles. The van der Waals surface area contributed by atoms with Crippen LogP contribution in [0.25, 0.3) is 0 Å². The van der Waals surface area contributed by atoms with E-state index in [9.17, 15) is 13.2 Å². The van der Waals surface area contributed by atoms with Crippen LogP contribution in [0.15, 0.2) is 16.2 Å². The van der Waals surface area contributed by atoms with Crippen LogP contribution in [0.1, 0.15) is 19.8 Å². The number of thioether (sulfide) groups is 1. The van der Waals surface area contributed by atoms with Gasteiger partial charge in [-0.15, -0.1) is 4.40 Å². The summed E-state index contributed by atoms with van der Waals surface area (Å²) in [4.78, 5) is 12.1. The second kappa shape index (κ2) is 5.54. The Kier molecular flexibility index (Phi) is 4.19. The molecule has 0 spiro atoms. The first-order valence-corrected chi connectivity index (χ1v) is 8.60. The monoisotopic (exact) mass is 303 g/mol. The van der Waals surface area contributed by atoms with Gasteiger partial charge < -0.3 is 5.32 Å². The molecule has 0 aromatic rings. The quantitative estimate of drug-likeness (QED) is 0.807. The molecular formula is C11H17N3O3S2. The summed E-state index contributed by atoms with van der Waals surface area (Å²) in [5, 5.41) is 2.94. The molecule has 106 valence electrons. The Morgan fingerprint density at radius 1 is 1.58 bits per heavy atom. The zero-order chi connectivity index (χ0) is 14.0. The van der Waals surface area contributed by atoms with Crippen LogP contribution in [0.3, 0.4) is 0 Å². The van der Waals surface area contributed by atoms with Crippen molar-refractivity contribution in [3.05, 3.63) is 11.8 Å². The number of amides is 1. The van der Waals surface area contributed by atoms with Crippen LogP contribution in [0.4, 0.5) is 0 Å². The molecule has 0 radical (unpaired) electrons. The molecule has 19 heavy (non-hydrogen) atoms. The van der Waals surface area contributed by atoms with Gasteiger partial charge in [-0.05, 0) is 25.5 Å². The van der Waals surface area contributed by atoms with Crippen molar-refractivity contribution in [1.29, 1.82) is 0 Å². The van der Waals surface area contributed by atoms with Gasteiger partial charge in [0.2, 0.25) is 0 Å². The zero-order valence-corrected chi connectivity index (χ0v) is 12.6. The number of carbonyl (C=O) groups excluding carboxylic acids is 1. The van der Waals surface area contributed by atoms with Crippen LogP contribution in [0.2, 0.25) is 0 Å². The van der Waals surface area contributed by atoms with Crippen molar-refractivity contribution < 1.29 is 13.2 Å². The van der Waals surface area contributed by atoms with E-state index in [1.165, 1.54) is 20.2 Å². The van der Waals surface area contributed by atoms with Gasteiger partial charge in [0.05, 0.1) is 11.3 Å². The normalized spacial score (nSPS) is 26.4. The van der Waals surface area contributed by atoms with Gasteiger partial charge >= 0.3 is 10.2 Å². The highest BCUT2D eigenvalue weighted by Crippen LogP contribution is 2.19. The molecule has 0 aromatic carbocycles. The molecule has 1 unspecified atom stereocenters. The minimum absolute atomic E-state index is 0.156. The molecular weight excluding hydrogens is 286 g/mol. The van der Waals surface area contributed by atoms with Crippen molar-refractivity contribution in [1.82, 2.24) is 9.62 Å². The number of carbonyl (C=O) groups is 1. The van der Waals surface area contributed by atoms with Crippen LogP contribution in [0, 0.1) is 0 Å². The van der Waals surface area contributed by atoms with Crippen LogP contribution in [-0.2, 0) is 15.0 Å². The minimum Gasteiger partial charge on any atom is -0.348 e. The van der Waals surface area contributed by atoms with Crippen LogP contribution >= 0.6 is 11.8 Å². The first-order chi connectivity index (χ1) is 8.90. The smallest absolute Gasteiger partial charge is 0.344 e. The van der Waals surface area contributed by atoms with Crippen molar-refractivity contribution in [2.75, 3.05) is 18.6 Å². The van der Waals surface area contributed by atoms with Gasteiger partial charge in [-0.25, -0.2) is 0 Å². The number of hydrogen-bond acceptors (Lipinski definition) is 4. The van der Waals surface area contributed by atoms with E-state index in [1.807, 2.05) is 11.8 Å². The van der Waals surface area contributed by atoms with Crippen LogP contribution in [-0.4, -0.2) is 48.9 Å². The maximum Gasteiger partial charge on any atom is 0.344 e. The molecule has 2 aliphatic rings. The Morgan fingerprint density at radius 2 is 2.32 bits per heavy atom. The lowest BCUT2D eigenvalue weighted by Crippen LogP contribution is -2.41. The van der Waals surface area contributed by atoms with Gasteiger partial charge in [0.1, 0.15) is 0 Å². The maximum absolute atomic E-state index is 12.1. The Labute approximate surface area is 117 Å². The number of hydrogen-bond donors (Lipinski definition) is 1. The third kappa shape index (κ3) is 3.30. The highest BCUT2D eigenvalue weighted by Gasteiger charge is 2.27. The average molecular weight is 303 g/mol. The molecule has 1 amide bonds. The molecule has 1 N–H and O–H groups in total. The van der Waals surface area contributed by atoms with E-state index in [1.54, 1.807) is 0 Å². The fourth-order valence-corrected chi connectivity index (χ4v) is 3.85. The van der Waals surface area contributed by atoms with Crippen molar-refractivity contribution in [2.24, 2.45) is 4.40 Å². The fraction of sp³-hybridized carbons (Fsp3) is 0.636. The summed E-state index contributed by atoms with van der Waals surface area (Å²) in [5.41, 5.74) is 0.548. The Morgan fingerprint density at radius 3 is 2.95 bits per heavy atom. The lowest BCUT2D eigenvalue weighted by Gasteiger charge is -2.24. The molecule has 1 fully saturated rings. The van der Waals surface area contributed by atoms with E-state index in [-0.39, 0.29) is 17.7 Å². The predicted octanol–water partition coefficient (Wildman–Crippen LogP) is 0.533. The van der Waals surface area contributed by atoms with Crippen molar-refractivity contribution >= 4 is 33.6 Å². The third-order valence-corrected chi connectivity index (χ3v) is 5.61. The van der Waals surface area contributed by atoms with Gasteiger partial charge in [-0.1, -0.05) is 0 Å². The molecule has 1 saturated heterocycles. The molecule has 6 nitrogen and oxygen atoms in total. The molecule has 2 rings (SSSR count). The zero-order valence-electron chi connectivity index (χ0n) is 10.9. The van der Waals surface area contributed by atoms with E-state index in [4.69, 9.17) is 0 Å². The van der Waals surface area contributed by atoms with E-state index in [0.717, 1.165) is 28.7 Å². The van der Waals surface area contributed by atoms with Gasteiger partial charge in [-0.3, -0.25) is 9.10 Å². The summed E-state index contributed by atoms with van der Waals surface area (Å²) >= 11 is 1.82. The third-order valence-electron chi connectivity index (χ3n) is 3.06. The lowest BCUT2D eigenvalue weighted by atomic mass is 10.1. The number of rotatable bonds is 2. The van der Waals surface area contributed by atoms with Crippen LogP contribution in [0.5, 0.6) is 0 Å². The first kappa shape index (κ1) is 14.4. The summed E-state index contributed by atoms with van der Waals surface area (Å²) in [6, 6.07) is 0.156. The van der Waals surface area contributed by atoms with Crippen LogP contribution < -0.4 is 5.32 Å². The molecule has 0 bridgehead atoms. The Hall–Kier alpha value is -1.02. The van der Waals surface area contributed by atoms with Gasteiger partial charge in [0.25, 0.3) is 5.91 Å². The van der Waals surface area contributed by atoms with E-state index < -0.39 is 10.2 Å². The number of nitrogens with one attached hydrogen (secondary N) is 1.